The van der Waals surface area contributed by atoms with Crippen molar-refractivity contribution in [2.75, 3.05) is 17.2 Å². The van der Waals surface area contributed by atoms with Crippen molar-refractivity contribution in [2.24, 2.45) is 0 Å². The number of hydrogen-bond donors (Lipinski definition) is 1. The number of nitrogens with two attached hydrogens (primary N) is 1. The number of carbonyl (C=O) groups is 1. The molecule has 4 nitrogen and oxygen atoms in total. The van der Waals surface area contributed by atoms with E-state index in [0.29, 0.717) is 17.9 Å². The Labute approximate surface area is 82.7 Å². The highest BCUT2D eigenvalue weighted by atomic mass is 16.2. The summed E-state index contributed by atoms with van der Waals surface area (Å²) in [4.78, 5) is 17.4. The molecule has 1 aliphatic heterocycles. The third kappa shape index (κ3) is 1.69. The van der Waals surface area contributed by atoms with Crippen LogP contribution in [0.3, 0.4) is 0 Å². The van der Waals surface area contributed by atoms with Crippen LogP contribution in [0.5, 0.6) is 0 Å². The van der Waals surface area contributed by atoms with Gasteiger partial charge in [-0.05, 0) is 25.0 Å². The molecule has 4 heteroatoms. The molecule has 1 amide bonds. The van der Waals surface area contributed by atoms with E-state index in [0.717, 1.165) is 19.4 Å². The lowest BCUT2D eigenvalue weighted by Gasteiger charge is -2.25. The quantitative estimate of drug-likeness (QED) is 0.725. The molecule has 0 bridgehead atoms. The number of anilines is 2. The molecule has 2 heterocycles. The lowest BCUT2D eigenvalue weighted by molar-refractivity contribution is -0.119. The van der Waals surface area contributed by atoms with Gasteiger partial charge in [0.15, 0.2) is 0 Å². The summed E-state index contributed by atoms with van der Waals surface area (Å²) >= 11 is 0. The molecule has 2 N–H and O–H groups in total. The Morgan fingerprint density at radius 3 is 2.86 bits per heavy atom. The maximum atomic E-state index is 11.5. The van der Waals surface area contributed by atoms with E-state index < -0.39 is 0 Å². The van der Waals surface area contributed by atoms with Crippen molar-refractivity contribution in [3.8, 4) is 0 Å². The van der Waals surface area contributed by atoms with Crippen molar-refractivity contribution in [3.05, 3.63) is 18.3 Å². The lowest BCUT2D eigenvalue weighted by Crippen LogP contribution is -2.35. The first-order chi connectivity index (χ1) is 6.77. The summed E-state index contributed by atoms with van der Waals surface area (Å²) in [5.74, 6) is 0.873. The number of carbonyl (C=O) groups excluding carboxylic acids is 1. The van der Waals surface area contributed by atoms with Gasteiger partial charge in [0.1, 0.15) is 5.82 Å². The monoisotopic (exact) mass is 191 g/mol. The van der Waals surface area contributed by atoms with E-state index in [4.69, 9.17) is 5.73 Å². The fourth-order valence-electron chi connectivity index (χ4n) is 1.61. The first-order valence-corrected chi connectivity index (χ1v) is 4.79. The Balaban J connectivity index is 2.20. The van der Waals surface area contributed by atoms with Gasteiger partial charge in [-0.25, -0.2) is 4.98 Å². The zero-order valence-corrected chi connectivity index (χ0v) is 7.94. The first kappa shape index (κ1) is 8.99. The maximum Gasteiger partial charge on any atom is 0.228 e. The molecular weight excluding hydrogens is 178 g/mol. The average molecular weight is 191 g/mol. The number of aromatic nitrogens is 1. The van der Waals surface area contributed by atoms with Gasteiger partial charge in [-0.2, -0.15) is 0 Å². The highest BCUT2D eigenvalue weighted by Gasteiger charge is 2.19. The molecule has 1 aromatic rings. The summed E-state index contributed by atoms with van der Waals surface area (Å²) in [6.45, 7) is 0.774. The minimum Gasteiger partial charge on any atom is -0.397 e. The largest absolute Gasteiger partial charge is 0.397 e. The van der Waals surface area contributed by atoms with Crippen LogP contribution in [0.2, 0.25) is 0 Å². The molecule has 0 aliphatic carbocycles. The van der Waals surface area contributed by atoms with Crippen LogP contribution in [0.25, 0.3) is 0 Å². The van der Waals surface area contributed by atoms with Gasteiger partial charge in [-0.3, -0.25) is 9.69 Å². The fraction of sp³-hybridized carbons (Fsp3) is 0.400. The van der Waals surface area contributed by atoms with Crippen LogP contribution in [0.15, 0.2) is 18.3 Å². The number of nitrogen functional groups attached to an aromatic ring is 1. The van der Waals surface area contributed by atoms with Gasteiger partial charge in [0.05, 0.1) is 11.9 Å². The maximum absolute atomic E-state index is 11.5. The lowest BCUT2D eigenvalue weighted by atomic mass is 10.1. The molecule has 0 unspecified atom stereocenters. The Hall–Kier alpha value is -1.58. The normalized spacial score (nSPS) is 17.1. The van der Waals surface area contributed by atoms with Crippen molar-refractivity contribution >= 4 is 17.4 Å². The van der Waals surface area contributed by atoms with Crippen LogP contribution in [-0.2, 0) is 4.79 Å². The molecule has 0 aromatic carbocycles. The van der Waals surface area contributed by atoms with Gasteiger partial charge in [-0.1, -0.05) is 0 Å². The zero-order valence-electron chi connectivity index (χ0n) is 7.94. The summed E-state index contributed by atoms with van der Waals surface area (Å²) in [5, 5.41) is 0. The van der Waals surface area contributed by atoms with Gasteiger partial charge >= 0.3 is 0 Å². The molecule has 2 rings (SSSR count). The Morgan fingerprint density at radius 1 is 1.36 bits per heavy atom. The summed E-state index contributed by atoms with van der Waals surface area (Å²) in [5.41, 5.74) is 6.15. The number of piperidine rings is 1. The number of rotatable bonds is 1. The molecule has 1 saturated heterocycles. The molecule has 14 heavy (non-hydrogen) atoms. The summed E-state index contributed by atoms with van der Waals surface area (Å²) in [6.07, 6.45) is 4.26. The minimum atomic E-state index is 0.161. The van der Waals surface area contributed by atoms with Crippen molar-refractivity contribution in [1.82, 2.24) is 4.98 Å². The molecular formula is C10H13N3O. The summed E-state index contributed by atoms with van der Waals surface area (Å²) in [7, 11) is 0. The van der Waals surface area contributed by atoms with E-state index in [1.54, 1.807) is 23.2 Å². The zero-order chi connectivity index (χ0) is 9.97. The van der Waals surface area contributed by atoms with Gasteiger partial charge < -0.3 is 5.73 Å². The molecule has 0 spiro atoms. The van der Waals surface area contributed by atoms with Crippen molar-refractivity contribution < 1.29 is 4.79 Å². The van der Waals surface area contributed by atoms with E-state index in [9.17, 15) is 4.79 Å². The highest BCUT2D eigenvalue weighted by molar-refractivity contribution is 5.93. The summed E-state index contributed by atoms with van der Waals surface area (Å²) < 4.78 is 0. The van der Waals surface area contributed by atoms with Crippen LogP contribution < -0.4 is 10.6 Å². The second-order valence-electron chi connectivity index (χ2n) is 3.45. The van der Waals surface area contributed by atoms with Crippen molar-refractivity contribution in [1.29, 1.82) is 0 Å². The van der Waals surface area contributed by atoms with Crippen LogP contribution in [0.4, 0.5) is 11.5 Å². The second kappa shape index (κ2) is 3.65. The standard InChI is InChI=1S/C10H13N3O/c11-8-4-5-9(12-7-8)13-6-2-1-3-10(13)14/h4-5,7H,1-3,6,11H2. The number of pyridine rings is 1. The molecule has 1 aliphatic rings. The van der Waals surface area contributed by atoms with Crippen molar-refractivity contribution in [2.45, 2.75) is 19.3 Å². The Kier molecular flexibility index (Phi) is 2.35. The third-order valence-electron chi connectivity index (χ3n) is 2.37. The van der Waals surface area contributed by atoms with Crippen molar-refractivity contribution in [3.63, 3.8) is 0 Å². The van der Waals surface area contributed by atoms with Crippen LogP contribution in [0.1, 0.15) is 19.3 Å². The smallest absolute Gasteiger partial charge is 0.228 e. The summed E-state index contributed by atoms with van der Waals surface area (Å²) in [6, 6.07) is 3.56. The van der Waals surface area contributed by atoms with Crippen LogP contribution in [0, 0.1) is 0 Å². The van der Waals surface area contributed by atoms with E-state index >= 15 is 0 Å². The molecule has 1 fully saturated rings. The predicted molar refractivity (Wildman–Crippen MR) is 54.9 cm³/mol. The average Bonchev–Trinajstić information content (AvgIpc) is 2.20. The van der Waals surface area contributed by atoms with Gasteiger partial charge in [0.2, 0.25) is 5.91 Å². The number of hydrogen-bond acceptors (Lipinski definition) is 3. The SMILES string of the molecule is Nc1ccc(N2CCCCC2=O)nc1. The van der Waals surface area contributed by atoms with Gasteiger partial charge in [-0.15, -0.1) is 0 Å². The molecule has 0 atom stereocenters. The number of amides is 1. The second-order valence-corrected chi connectivity index (χ2v) is 3.45. The van der Waals surface area contributed by atoms with E-state index in [-0.39, 0.29) is 5.91 Å². The first-order valence-electron chi connectivity index (χ1n) is 4.79. The molecule has 74 valence electrons. The molecule has 0 saturated carbocycles. The van der Waals surface area contributed by atoms with Gasteiger partial charge in [0, 0.05) is 13.0 Å². The highest BCUT2D eigenvalue weighted by Crippen LogP contribution is 2.18. The minimum absolute atomic E-state index is 0.161. The Bertz CT molecular complexity index is 334. The predicted octanol–water partition coefficient (Wildman–Crippen LogP) is 1.18. The fourth-order valence-corrected chi connectivity index (χ4v) is 1.61. The molecule has 0 radical (unpaired) electrons. The Morgan fingerprint density at radius 2 is 2.21 bits per heavy atom. The molecule has 1 aromatic heterocycles. The third-order valence-corrected chi connectivity index (χ3v) is 2.37. The van der Waals surface area contributed by atoms with E-state index in [2.05, 4.69) is 4.98 Å². The number of nitrogens with zero attached hydrogens (tertiary/aromatic N) is 2. The van der Waals surface area contributed by atoms with Crippen LogP contribution in [-0.4, -0.2) is 17.4 Å². The van der Waals surface area contributed by atoms with E-state index in [1.807, 2.05) is 0 Å². The van der Waals surface area contributed by atoms with E-state index in [1.165, 1.54) is 0 Å². The van der Waals surface area contributed by atoms with Gasteiger partial charge in [0.25, 0.3) is 0 Å². The topological polar surface area (TPSA) is 59.2 Å². The van der Waals surface area contributed by atoms with Crippen LogP contribution >= 0.6 is 0 Å².